The fourth-order valence-corrected chi connectivity index (χ4v) is 4.06. The van der Waals surface area contributed by atoms with Gasteiger partial charge < -0.3 is 4.74 Å². The van der Waals surface area contributed by atoms with Crippen molar-refractivity contribution in [3.8, 4) is 0 Å². The van der Waals surface area contributed by atoms with Crippen molar-refractivity contribution in [1.82, 2.24) is 0 Å². The van der Waals surface area contributed by atoms with Crippen LogP contribution in [0.2, 0.25) is 19.6 Å². The van der Waals surface area contributed by atoms with Crippen LogP contribution in [0, 0.1) is 5.92 Å². The molecule has 2 nitrogen and oxygen atoms in total. The van der Waals surface area contributed by atoms with Gasteiger partial charge in [-0.3, -0.25) is 0 Å². The van der Waals surface area contributed by atoms with E-state index >= 15 is 0 Å². The lowest BCUT2D eigenvalue weighted by Gasteiger charge is -2.36. The number of fused-ring (bicyclic) bond motifs is 1. The van der Waals surface area contributed by atoms with Gasteiger partial charge in [-0.2, -0.15) is 0 Å². The molecular weight excluding hydrogens is 216 g/mol. The van der Waals surface area contributed by atoms with Crippen LogP contribution in [-0.4, -0.2) is 20.1 Å². The van der Waals surface area contributed by atoms with Gasteiger partial charge in [-0.25, -0.2) is 4.79 Å². The Balaban J connectivity index is 2.12. The quantitative estimate of drug-likeness (QED) is 0.398. The number of carbonyl (C=O) groups is 1. The lowest BCUT2D eigenvalue weighted by atomic mass is 9.81. The summed E-state index contributed by atoms with van der Waals surface area (Å²) in [5.41, 5.74) is 3.18. The minimum Gasteiger partial charge on any atom is -0.459 e. The molecule has 0 bridgehead atoms. The number of ether oxygens (including phenoxy) is 1. The maximum absolute atomic E-state index is 11.9. The van der Waals surface area contributed by atoms with Crippen LogP contribution in [-0.2, 0) is 9.53 Å². The average molecular weight is 238 g/mol. The summed E-state index contributed by atoms with van der Waals surface area (Å²) in [5, 5.41) is 0. The summed E-state index contributed by atoms with van der Waals surface area (Å²) in [6, 6.07) is 0. The third kappa shape index (κ3) is 2.76. The molecule has 1 saturated heterocycles. The summed E-state index contributed by atoms with van der Waals surface area (Å²) < 4.78 is 5.56. The highest BCUT2D eigenvalue weighted by Gasteiger charge is 2.35. The molecule has 1 aliphatic heterocycles. The molecule has 0 aromatic carbocycles. The second-order valence-electron chi connectivity index (χ2n) is 6.23. The van der Waals surface area contributed by atoms with Crippen molar-refractivity contribution >= 4 is 14.0 Å². The summed E-state index contributed by atoms with van der Waals surface area (Å²) in [7, 11) is -1.31. The van der Waals surface area contributed by atoms with E-state index in [2.05, 4.69) is 25.3 Å². The second-order valence-corrected chi connectivity index (χ2v) is 11.2. The van der Waals surface area contributed by atoms with Crippen molar-refractivity contribution in [2.75, 3.05) is 0 Å². The maximum Gasteiger partial charge on any atom is 0.333 e. The molecule has 0 spiro atoms. The van der Waals surface area contributed by atoms with Crippen LogP contribution in [0.15, 0.2) is 11.3 Å². The van der Waals surface area contributed by atoms with Gasteiger partial charge >= 0.3 is 5.97 Å². The molecule has 1 aliphatic carbocycles. The number of esters is 1. The normalized spacial score (nSPS) is 33.4. The van der Waals surface area contributed by atoms with Gasteiger partial charge in [-0.05, 0) is 25.7 Å². The van der Waals surface area contributed by atoms with Gasteiger partial charge in [0.2, 0.25) is 0 Å². The van der Waals surface area contributed by atoms with Gasteiger partial charge in [0.1, 0.15) is 6.10 Å². The summed E-state index contributed by atoms with van der Waals surface area (Å²) in [5.74, 6) is 0.569. The molecule has 2 unspecified atom stereocenters. The standard InChI is InChI=1S/C13H22O2Si/c1-16(2,3)9-11-8-10-6-4-5-7-12(10)15-13(11)14/h9-10,12H,4-8H2,1-3H3/b11-9-. The third-order valence-corrected chi connectivity index (χ3v) is 4.66. The van der Waals surface area contributed by atoms with E-state index in [1.54, 1.807) is 0 Å². The van der Waals surface area contributed by atoms with Crippen molar-refractivity contribution in [2.45, 2.75) is 57.8 Å². The first kappa shape index (κ1) is 11.9. The van der Waals surface area contributed by atoms with E-state index in [4.69, 9.17) is 4.74 Å². The predicted octanol–water partition coefficient (Wildman–Crippen LogP) is 3.30. The van der Waals surface area contributed by atoms with Crippen molar-refractivity contribution < 1.29 is 9.53 Å². The van der Waals surface area contributed by atoms with Crippen LogP contribution in [0.1, 0.15) is 32.1 Å². The fourth-order valence-electron chi connectivity index (χ4n) is 2.78. The lowest BCUT2D eigenvalue weighted by Crippen LogP contribution is -2.37. The molecule has 0 amide bonds. The predicted molar refractivity (Wildman–Crippen MR) is 67.9 cm³/mol. The molecule has 0 radical (unpaired) electrons. The third-order valence-electron chi connectivity index (χ3n) is 3.45. The van der Waals surface area contributed by atoms with E-state index in [-0.39, 0.29) is 12.1 Å². The summed E-state index contributed by atoms with van der Waals surface area (Å²) >= 11 is 0. The molecule has 2 atom stereocenters. The molecule has 90 valence electrons. The van der Waals surface area contributed by atoms with E-state index in [1.807, 2.05) is 0 Å². The Bertz CT molecular complexity index is 314. The zero-order valence-electron chi connectivity index (χ0n) is 10.6. The molecule has 2 rings (SSSR count). The molecule has 3 heteroatoms. The smallest absolute Gasteiger partial charge is 0.333 e. The minimum atomic E-state index is -1.31. The summed E-state index contributed by atoms with van der Waals surface area (Å²) in [4.78, 5) is 11.9. The Labute approximate surface area is 99.1 Å². The largest absolute Gasteiger partial charge is 0.459 e. The summed E-state index contributed by atoms with van der Waals surface area (Å²) in [6.45, 7) is 6.79. The SMILES string of the molecule is C[Si](C)(C)/C=C1/CC2CCCCC2OC1=O. The zero-order valence-corrected chi connectivity index (χ0v) is 11.6. The van der Waals surface area contributed by atoms with E-state index in [9.17, 15) is 4.79 Å². The Kier molecular flexibility index (Phi) is 3.24. The molecule has 16 heavy (non-hydrogen) atoms. The Morgan fingerprint density at radius 3 is 2.62 bits per heavy atom. The number of hydrogen-bond donors (Lipinski definition) is 0. The minimum absolute atomic E-state index is 0.0365. The summed E-state index contributed by atoms with van der Waals surface area (Å²) in [6.07, 6.45) is 6.03. The zero-order chi connectivity index (χ0) is 11.8. The van der Waals surface area contributed by atoms with E-state index in [0.29, 0.717) is 5.92 Å². The molecule has 1 heterocycles. The Morgan fingerprint density at radius 1 is 1.25 bits per heavy atom. The average Bonchev–Trinajstić information content (AvgIpc) is 2.17. The van der Waals surface area contributed by atoms with Gasteiger partial charge in [-0.1, -0.05) is 31.8 Å². The monoisotopic (exact) mass is 238 g/mol. The van der Waals surface area contributed by atoms with E-state index in [0.717, 1.165) is 18.4 Å². The molecule has 0 N–H and O–H groups in total. The molecule has 1 saturated carbocycles. The first-order valence-corrected chi connectivity index (χ1v) is 9.96. The van der Waals surface area contributed by atoms with E-state index in [1.165, 1.54) is 19.3 Å². The second kappa shape index (κ2) is 4.36. The molecule has 0 aromatic rings. The van der Waals surface area contributed by atoms with Gasteiger partial charge in [-0.15, -0.1) is 0 Å². The van der Waals surface area contributed by atoms with Gasteiger partial charge in [0.05, 0.1) is 8.07 Å². The number of rotatable bonds is 1. The fraction of sp³-hybridized carbons (Fsp3) is 0.769. The van der Waals surface area contributed by atoms with Crippen LogP contribution in [0.5, 0.6) is 0 Å². The molecular formula is C13H22O2Si. The molecule has 2 fully saturated rings. The molecule has 2 aliphatic rings. The lowest BCUT2D eigenvalue weighted by molar-refractivity contribution is -0.153. The van der Waals surface area contributed by atoms with Gasteiger partial charge in [0.15, 0.2) is 0 Å². The van der Waals surface area contributed by atoms with Crippen LogP contribution in [0.3, 0.4) is 0 Å². The highest BCUT2D eigenvalue weighted by molar-refractivity contribution is 6.81. The van der Waals surface area contributed by atoms with Gasteiger partial charge in [0.25, 0.3) is 0 Å². The van der Waals surface area contributed by atoms with Crippen molar-refractivity contribution in [3.05, 3.63) is 11.3 Å². The Morgan fingerprint density at radius 2 is 1.94 bits per heavy atom. The van der Waals surface area contributed by atoms with Crippen molar-refractivity contribution in [3.63, 3.8) is 0 Å². The molecule has 0 aromatic heterocycles. The van der Waals surface area contributed by atoms with Gasteiger partial charge in [0, 0.05) is 11.5 Å². The number of hydrogen-bond acceptors (Lipinski definition) is 2. The first-order chi connectivity index (χ1) is 7.46. The van der Waals surface area contributed by atoms with Crippen LogP contribution in [0.25, 0.3) is 0 Å². The Hall–Kier alpha value is -0.573. The van der Waals surface area contributed by atoms with Crippen LogP contribution < -0.4 is 0 Å². The van der Waals surface area contributed by atoms with E-state index < -0.39 is 8.07 Å². The highest BCUT2D eigenvalue weighted by atomic mass is 28.3. The maximum atomic E-state index is 11.9. The van der Waals surface area contributed by atoms with Crippen molar-refractivity contribution in [1.29, 1.82) is 0 Å². The van der Waals surface area contributed by atoms with Crippen LogP contribution in [0.4, 0.5) is 0 Å². The first-order valence-electron chi connectivity index (χ1n) is 6.38. The topological polar surface area (TPSA) is 26.3 Å². The number of carbonyl (C=O) groups excluding carboxylic acids is 1. The van der Waals surface area contributed by atoms with Crippen molar-refractivity contribution in [2.24, 2.45) is 5.92 Å². The highest BCUT2D eigenvalue weighted by Crippen LogP contribution is 2.36. The van der Waals surface area contributed by atoms with Crippen LogP contribution >= 0.6 is 0 Å².